The van der Waals surface area contributed by atoms with Gasteiger partial charge in [0.05, 0.1) is 4.88 Å². The summed E-state index contributed by atoms with van der Waals surface area (Å²) in [5.74, 6) is 0.0711. The quantitative estimate of drug-likeness (QED) is 0.800. The van der Waals surface area contributed by atoms with Gasteiger partial charge in [0.2, 0.25) is 0 Å². The van der Waals surface area contributed by atoms with Crippen LogP contribution in [0.1, 0.15) is 27.4 Å². The van der Waals surface area contributed by atoms with Crippen LogP contribution in [0.4, 0.5) is 0 Å². The van der Waals surface area contributed by atoms with Crippen molar-refractivity contribution in [1.82, 2.24) is 10.6 Å². The summed E-state index contributed by atoms with van der Waals surface area (Å²) in [6.45, 7) is 3.99. The van der Waals surface area contributed by atoms with Crippen molar-refractivity contribution in [3.8, 4) is 0 Å². The maximum absolute atomic E-state index is 11.8. The maximum atomic E-state index is 11.8. The number of piperidine rings is 1. The highest BCUT2D eigenvalue weighted by atomic mass is 32.1. The van der Waals surface area contributed by atoms with Gasteiger partial charge < -0.3 is 10.6 Å². The fourth-order valence-electron chi connectivity index (χ4n) is 1.79. The molecule has 1 fully saturated rings. The Hall–Kier alpha value is -0.870. The van der Waals surface area contributed by atoms with Gasteiger partial charge in [0.25, 0.3) is 5.91 Å². The zero-order valence-electron chi connectivity index (χ0n) is 8.88. The van der Waals surface area contributed by atoms with E-state index in [-0.39, 0.29) is 5.91 Å². The number of nitrogens with one attached hydrogen (secondary N) is 2. The first kappa shape index (κ1) is 10.6. The van der Waals surface area contributed by atoms with E-state index in [0.717, 1.165) is 30.8 Å². The third-order valence-electron chi connectivity index (χ3n) is 2.60. The summed E-state index contributed by atoms with van der Waals surface area (Å²) in [7, 11) is 0. The Kier molecular flexibility index (Phi) is 3.38. The average molecular weight is 224 g/mol. The second-order valence-electron chi connectivity index (χ2n) is 3.93. The second-order valence-corrected chi connectivity index (χ2v) is 5.21. The topological polar surface area (TPSA) is 41.1 Å². The molecule has 4 heteroatoms. The van der Waals surface area contributed by atoms with Crippen molar-refractivity contribution >= 4 is 17.2 Å². The SMILES string of the molecule is Cc1ccc(C(=O)NC2CCCNC2)s1. The minimum atomic E-state index is 0.0711. The highest BCUT2D eigenvalue weighted by molar-refractivity contribution is 7.13. The highest BCUT2D eigenvalue weighted by Gasteiger charge is 2.16. The minimum absolute atomic E-state index is 0.0711. The van der Waals surface area contributed by atoms with Gasteiger partial charge in [-0.25, -0.2) is 0 Å². The van der Waals surface area contributed by atoms with E-state index in [4.69, 9.17) is 0 Å². The Labute approximate surface area is 93.9 Å². The number of hydrogen-bond acceptors (Lipinski definition) is 3. The van der Waals surface area contributed by atoms with E-state index in [1.807, 2.05) is 19.1 Å². The van der Waals surface area contributed by atoms with Crippen LogP contribution < -0.4 is 10.6 Å². The molecule has 1 saturated heterocycles. The Balaban J connectivity index is 1.91. The highest BCUT2D eigenvalue weighted by Crippen LogP contribution is 2.15. The fourth-order valence-corrected chi connectivity index (χ4v) is 2.56. The fraction of sp³-hybridized carbons (Fsp3) is 0.545. The largest absolute Gasteiger partial charge is 0.347 e. The second kappa shape index (κ2) is 4.77. The molecule has 15 heavy (non-hydrogen) atoms. The van der Waals surface area contributed by atoms with Gasteiger partial charge in [0, 0.05) is 17.5 Å². The van der Waals surface area contributed by atoms with E-state index < -0.39 is 0 Å². The number of hydrogen-bond donors (Lipinski definition) is 2. The van der Waals surface area contributed by atoms with Gasteiger partial charge in [-0.05, 0) is 38.4 Å². The molecule has 1 atom stereocenters. The molecule has 1 unspecified atom stereocenters. The van der Waals surface area contributed by atoms with Crippen LogP contribution in [0, 0.1) is 6.92 Å². The summed E-state index contributed by atoms with van der Waals surface area (Å²) in [5, 5.41) is 6.34. The lowest BCUT2D eigenvalue weighted by molar-refractivity contribution is 0.0935. The summed E-state index contributed by atoms with van der Waals surface area (Å²) >= 11 is 1.55. The summed E-state index contributed by atoms with van der Waals surface area (Å²) in [5.41, 5.74) is 0. The molecule has 0 aliphatic carbocycles. The van der Waals surface area contributed by atoms with Crippen LogP contribution in [0.3, 0.4) is 0 Å². The normalized spacial score (nSPS) is 21.3. The molecule has 2 rings (SSSR count). The van der Waals surface area contributed by atoms with Gasteiger partial charge in [0.1, 0.15) is 0 Å². The first-order valence-electron chi connectivity index (χ1n) is 5.34. The van der Waals surface area contributed by atoms with Crippen LogP contribution in [0.2, 0.25) is 0 Å². The van der Waals surface area contributed by atoms with Crippen LogP contribution in [0.25, 0.3) is 0 Å². The molecule has 0 spiro atoms. The zero-order valence-corrected chi connectivity index (χ0v) is 9.69. The van der Waals surface area contributed by atoms with Crippen LogP contribution in [0.5, 0.6) is 0 Å². The van der Waals surface area contributed by atoms with Gasteiger partial charge in [-0.2, -0.15) is 0 Å². The molecular formula is C11H16N2OS. The van der Waals surface area contributed by atoms with E-state index in [2.05, 4.69) is 10.6 Å². The number of amides is 1. The molecule has 0 radical (unpaired) electrons. The molecule has 1 aromatic heterocycles. The maximum Gasteiger partial charge on any atom is 0.261 e. The van der Waals surface area contributed by atoms with Crippen LogP contribution in [-0.4, -0.2) is 25.0 Å². The first-order chi connectivity index (χ1) is 7.25. The lowest BCUT2D eigenvalue weighted by Gasteiger charge is -2.23. The number of thiophene rings is 1. The van der Waals surface area contributed by atoms with Crippen LogP contribution in [-0.2, 0) is 0 Å². The third-order valence-corrected chi connectivity index (χ3v) is 3.60. The average Bonchev–Trinajstić information content (AvgIpc) is 2.66. The van der Waals surface area contributed by atoms with Crippen molar-refractivity contribution in [3.05, 3.63) is 21.9 Å². The van der Waals surface area contributed by atoms with Crippen molar-refractivity contribution in [3.63, 3.8) is 0 Å². The van der Waals surface area contributed by atoms with Gasteiger partial charge in [-0.3, -0.25) is 4.79 Å². The Morgan fingerprint density at radius 3 is 3.07 bits per heavy atom. The minimum Gasteiger partial charge on any atom is -0.347 e. The van der Waals surface area contributed by atoms with Crippen molar-refractivity contribution in [1.29, 1.82) is 0 Å². The summed E-state index contributed by atoms with van der Waals surface area (Å²) in [6.07, 6.45) is 2.23. The Bertz CT molecular complexity index is 342. The summed E-state index contributed by atoms with van der Waals surface area (Å²) in [6, 6.07) is 4.18. The molecule has 0 bridgehead atoms. The Morgan fingerprint density at radius 1 is 1.60 bits per heavy atom. The summed E-state index contributed by atoms with van der Waals surface area (Å²) < 4.78 is 0. The standard InChI is InChI=1S/C11H16N2OS/c1-8-4-5-10(15-8)11(14)13-9-3-2-6-12-7-9/h4-5,9,12H,2-3,6-7H2,1H3,(H,13,14). The monoisotopic (exact) mass is 224 g/mol. The molecule has 0 saturated carbocycles. The number of carbonyl (C=O) groups excluding carboxylic acids is 1. The molecule has 1 aromatic rings. The van der Waals surface area contributed by atoms with Gasteiger partial charge in [0.15, 0.2) is 0 Å². The molecule has 82 valence electrons. The smallest absolute Gasteiger partial charge is 0.261 e. The third kappa shape index (κ3) is 2.79. The molecular weight excluding hydrogens is 208 g/mol. The van der Waals surface area contributed by atoms with E-state index in [1.54, 1.807) is 11.3 Å². The molecule has 1 amide bonds. The summed E-state index contributed by atoms with van der Waals surface area (Å²) in [4.78, 5) is 13.8. The number of aryl methyl sites for hydroxylation is 1. The van der Waals surface area contributed by atoms with E-state index in [9.17, 15) is 4.79 Å². The Morgan fingerprint density at radius 2 is 2.47 bits per heavy atom. The van der Waals surface area contributed by atoms with Gasteiger partial charge in [-0.1, -0.05) is 0 Å². The predicted octanol–water partition coefficient (Wildman–Crippen LogP) is 1.54. The van der Waals surface area contributed by atoms with E-state index in [0.29, 0.717) is 6.04 Å². The lowest BCUT2D eigenvalue weighted by atomic mass is 10.1. The van der Waals surface area contributed by atoms with Gasteiger partial charge >= 0.3 is 0 Å². The number of rotatable bonds is 2. The van der Waals surface area contributed by atoms with E-state index >= 15 is 0 Å². The molecule has 1 aliphatic rings. The number of carbonyl (C=O) groups is 1. The van der Waals surface area contributed by atoms with Crippen LogP contribution in [0.15, 0.2) is 12.1 Å². The zero-order chi connectivity index (χ0) is 10.7. The molecule has 1 aliphatic heterocycles. The lowest BCUT2D eigenvalue weighted by Crippen LogP contribution is -2.45. The molecule has 2 heterocycles. The molecule has 3 nitrogen and oxygen atoms in total. The van der Waals surface area contributed by atoms with Crippen molar-refractivity contribution in [2.45, 2.75) is 25.8 Å². The van der Waals surface area contributed by atoms with Crippen molar-refractivity contribution < 1.29 is 4.79 Å². The molecule has 0 aromatic carbocycles. The van der Waals surface area contributed by atoms with Crippen molar-refractivity contribution in [2.24, 2.45) is 0 Å². The van der Waals surface area contributed by atoms with Crippen LogP contribution >= 0.6 is 11.3 Å². The molecule has 2 N–H and O–H groups in total. The van der Waals surface area contributed by atoms with Crippen molar-refractivity contribution in [2.75, 3.05) is 13.1 Å². The predicted molar refractivity (Wildman–Crippen MR) is 62.4 cm³/mol. The first-order valence-corrected chi connectivity index (χ1v) is 6.15. The van der Waals surface area contributed by atoms with E-state index in [1.165, 1.54) is 4.88 Å². The van der Waals surface area contributed by atoms with Gasteiger partial charge in [-0.15, -0.1) is 11.3 Å².